The predicted molar refractivity (Wildman–Crippen MR) is 181 cm³/mol. The number of hydrogen-bond acceptors (Lipinski definition) is 7. The monoisotopic (exact) mass is 646 g/mol. The average molecular weight is 647 g/mol. The van der Waals surface area contributed by atoms with Crippen molar-refractivity contribution in [3.05, 3.63) is 107 Å². The summed E-state index contributed by atoms with van der Waals surface area (Å²) in [6, 6.07) is 24.1. The van der Waals surface area contributed by atoms with Crippen LogP contribution in [-0.2, 0) is 44.7 Å². The Hall–Kier alpha value is -3.76. The number of ether oxygens (including phenoxy) is 3. The van der Waals surface area contributed by atoms with Gasteiger partial charge in [0.1, 0.15) is 5.60 Å². The standard InChI is InChI=1S/C38H50N2O7/c1-38(2,3)47-37(44)39-31(22-26-11-7-6-8-12-26)32(41)24-29(21-27-17-15-25(16-18-27)19-20-34(45-4)46-5)36(43)40-35-30-14-10-9-13-28(30)23-33(35)42/h6-18,29,31-35,41-42H,19-24H2,1-5H3,(H,39,44)(H,40,43)/t29-,31+,32+,33-,35+/m1/s1. The summed E-state index contributed by atoms with van der Waals surface area (Å²) in [5.74, 6) is -0.923. The summed E-state index contributed by atoms with van der Waals surface area (Å²) >= 11 is 0. The normalized spacial score (nSPS) is 17.9. The molecule has 1 aliphatic rings. The first kappa shape index (κ1) is 36.1. The van der Waals surface area contributed by atoms with Crippen molar-refractivity contribution in [1.82, 2.24) is 10.6 Å². The van der Waals surface area contributed by atoms with Crippen molar-refractivity contribution in [3.8, 4) is 0 Å². The van der Waals surface area contributed by atoms with Gasteiger partial charge in [-0.15, -0.1) is 0 Å². The second kappa shape index (κ2) is 16.9. The molecule has 0 bridgehead atoms. The second-order valence-corrected chi connectivity index (χ2v) is 13.4. The highest BCUT2D eigenvalue weighted by atomic mass is 16.7. The van der Waals surface area contributed by atoms with E-state index < -0.39 is 41.9 Å². The molecule has 0 aliphatic heterocycles. The fourth-order valence-corrected chi connectivity index (χ4v) is 6.11. The van der Waals surface area contributed by atoms with Crippen LogP contribution in [-0.4, -0.2) is 66.6 Å². The van der Waals surface area contributed by atoms with Crippen molar-refractivity contribution in [2.75, 3.05) is 14.2 Å². The first-order valence-electron chi connectivity index (χ1n) is 16.4. The molecular weight excluding hydrogens is 596 g/mol. The van der Waals surface area contributed by atoms with Crippen molar-refractivity contribution in [2.24, 2.45) is 5.92 Å². The fourth-order valence-electron chi connectivity index (χ4n) is 6.11. The van der Waals surface area contributed by atoms with E-state index in [2.05, 4.69) is 10.6 Å². The lowest BCUT2D eigenvalue weighted by molar-refractivity contribution is -0.127. The molecule has 4 N–H and O–H groups in total. The summed E-state index contributed by atoms with van der Waals surface area (Å²) in [5, 5.41) is 28.5. The number of fused-ring (bicyclic) bond motifs is 1. The summed E-state index contributed by atoms with van der Waals surface area (Å²) in [6.45, 7) is 5.35. The largest absolute Gasteiger partial charge is 0.444 e. The Balaban J connectivity index is 1.55. The van der Waals surface area contributed by atoms with Gasteiger partial charge < -0.3 is 35.1 Å². The van der Waals surface area contributed by atoms with Gasteiger partial charge in [-0.2, -0.15) is 0 Å². The summed E-state index contributed by atoms with van der Waals surface area (Å²) in [4.78, 5) is 26.9. The quantitative estimate of drug-likeness (QED) is 0.170. The van der Waals surface area contributed by atoms with Crippen molar-refractivity contribution in [1.29, 1.82) is 0 Å². The number of amides is 2. The van der Waals surface area contributed by atoms with E-state index in [-0.39, 0.29) is 18.6 Å². The van der Waals surface area contributed by atoms with Crippen LogP contribution in [0, 0.1) is 5.92 Å². The fraction of sp³-hybridized carbons (Fsp3) is 0.474. The lowest BCUT2D eigenvalue weighted by Gasteiger charge is -2.30. The molecule has 2 amide bonds. The van der Waals surface area contributed by atoms with Gasteiger partial charge in [-0.1, -0.05) is 78.9 Å². The molecule has 0 fully saturated rings. The zero-order chi connectivity index (χ0) is 34.0. The lowest BCUT2D eigenvalue weighted by Crippen LogP contribution is -2.48. The molecule has 0 unspecified atom stereocenters. The minimum Gasteiger partial charge on any atom is -0.444 e. The molecule has 9 heteroatoms. The zero-order valence-corrected chi connectivity index (χ0v) is 28.1. The minimum atomic E-state index is -1.07. The highest BCUT2D eigenvalue weighted by Crippen LogP contribution is 2.32. The molecule has 4 rings (SSSR count). The Labute approximate surface area is 278 Å². The van der Waals surface area contributed by atoms with E-state index in [1.54, 1.807) is 35.0 Å². The highest BCUT2D eigenvalue weighted by molar-refractivity contribution is 5.80. The molecule has 5 atom stereocenters. The van der Waals surface area contributed by atoms with E-state index in [1.165, 1.54) is 0 Å². The molecule has 9 nitrogen and oxygen atoms in total. The maximum absolute atomic E-state index is 14.0. The summed E-state index contributed by atoms with van der Waals surface area (Å²) in [7, 11) is 3.24. The van der Waals surface area contributed by atoms with E-state index >= 15 is 0 Å². The van der Waals surface area contributed by atoms with E-state index in [9.17, 15) is 19.8 Å². The number of hydrogen-bond donors (Lipinski definition) is 4. The van der Waals surface area contributed by atoms with E-state index in [4.69, 9.17) is 14.2 Å². The molecule has 0 saturated carbocycles. The van der Waals surface area contributed by atoms with Gasteiger partial charge in [0.15, 0.2) is 6.29 Å². The van der Waals surface area contributed by atoms with Gasteiger partial charge in [-0.25, -0.2) is 4.79 Å². The lowest BCUT2D eigenvalue weighted by atomic mass is 9.88. The number of carbonyl (C=O) groups excluding carboxylic acids is 2. The molecule has 3 aromatic carbocycles. The Morgan fingerprint density at radius 2 is 1.49 bits per heavy atom. The van der Waals surface area contributed by atoms with E-state index in [1.807, 2.05) is 78.9 Å². The van der Waals surface area contributed by atoms with Gasteiger partial charge in [-0.3, -0.25) is 4.79 Å². The van der Waals surface area contributed by atoms with Gasteiger partial charge in [-0.05, 0) is 74.3 Å². The maximum atomic E-state index is 14.0. The maximum Gasteiger partial charge on any atom is 0.407 e. The Bertz CT molecular complexity index is 1420. The van der Waals surface area contributed by atoms with E-state index in [0.29, 0.717) is 25.7 Å². The molecule has 0 aromatic heterocycles. The number of carbonyl (C=O) groups is 2. The molecule has 1 aliphatic carbocycles. The smallest absolute Gasteiger partial charge is 0.407 e. The Morgan fingerprint density at radius 3 is 2.15 bits per heavy atom. The third-order valence-corrected chi connectivity index (χ3v) is 8.56. The minimum absolute atomic E-state index is 0.0781. The number of alkyl carbamates (subject to hydrolysis) is 1. The number of methoxy groups -OCH3 is 2. The molecule has 0 heterocycles. The summed E-state index contributed by atoms with van der Waals surface area (Å²) in [6.07, 6.45) is -0.00514. The number of aryl methyl sites for hydroxylation is 1. The SMILES string of the molecule is COC(CCc1ccc(C[C@H](C[C@H](O)[C@H](Cc2ccccc2)NC(=O)OC(C)(C)C)C(=O)N[C@H]2c3ccccc3C[C@H]2O)cc1)OC. The molecule has 3 aromatic rings. The Morgan fingerprint density at radius 1 is 0.872 bits per heavy atom. The van der Waals surface area contributed by atoms with Crippen LogP contribution in [0.3, 0.4) is 0 Å². The van der Waals surface area contributed by atoms with Crippen LogP contribution < -0.4 is 10.6 Å². The molecular formula is C38H50N2O7. The van der Waals surface area contributed by atoms with Gasteiger partial charge in [0.25, 0.3) is 0 Å². The molecule has 0 spiro atoms. The van der Waals surface area contributed by atoms with Crippen molar-refractivity contribution >= 4 is 12.0 Å². The van der Waals surface area contributed by atoms with Gasteiger partial charge >= 0.3 is 6.09 Å². The van der Waals surface area contributed by atoms with Crippen LogP contribution in [0.4, 0.5) is 4.79 Å². The topological polar surface area (TPSA) is 126 Å². The summed E-state index contributed by atoms with van der Waals surface area (Å²) in [5.41, 5.74) is 4.17. The van der Waals surface area contributed by atoms with Gasteiger partial charge in [0.05, 0.1) is 24.3 Å². The van der Waals surface area contributed by atoms with Crippen LogP contribution in [0.1, 0.15) is 67.5 Å². The van der Waals surface area contributed by atoms with E-state index in [0.717, 1.165) is 34.2 Å². The first-order valence-corrected chi connectivity index (χ1v) is 16.4. The van der Waals surface area contributed by atoms with Crippen molar-refractivity contribution in [3.63, 3.8) is 0 Å². The second-order valence-electron chi connectivity index (χ2n) is 13.4. The van der Waals surface area contributed by atoms with Gasteiger partial charge in [0.2, 0.25) is 5.91 Å². The molecule has 0 radical (unpaired) electrons. The molecule has 0 saturated heterocycles. The van der Waals surface area contributed by atoms with Crippen molar-refractivity contribution < 1.29 is 34.0 Å². The van der Waals surface area contributed by atoms with Crippen LogP contribution >= 0.6 is 0 Å². The van der Waals surface area contributed by atoms with Crippen LogP contribution in [0.5, 0.6) is 0 Å². The third-order valence-electron chi connectivity index (χ3n) is 8.56. The third kappa shape index (κ3) is 10.9. The molecule has 254 valence electrons. The molecule has 47 heavy (non-hydrogen) atoms. The number of benzene rings is 3. The van der Waals surface area contributed by atoms with Crippen LogP contribution in [0.2, 0.25) is 0 Å². The zero-order valence-electron chi connectivity index (χ0n) is 28.1. The number of nitrogens with one attached hydrogen (secondary N) is 2. The highest BCUT2D eigenvalue weighted by Gasteiger charge is 2.35. The average Bonchev–Trinajstić information content (AvgIpc) is 3.35. The number of aliphatic hydroxyl groups excluding tert-OH is 2. The Kier molecular flexibility index (Phi) is 13.0. The van der Waals surface area contributed by atoms with Crippen molar-refractivity contribution in [2.45, 2.75) is 95.5 Å². The van der Waals surface area contributed by atoms with Crippen LogP contribution in [0.25, 0.3) is 0 Å². The van der Waals surface area contributed by atoms with Gasteiger partial charge in [0, 0.05) is 33.0 Å². The number of rotatable bonds is 15. The number of aliphatic hydroxyl groups is 2. The van der Waals surface area contributed by atoms with Crippen LogP contribution in [0.15, 0.2) is 78.9 Å². The first-order chi connectivity index (χ1) is 22.5. The summed E-state index contributed by atoms with van der Waals surface area (Å²) < 4.78 is 16.1. The predicted octanol–water partition coefficient (Wildman–Crippen LogP) is 5.06.